The number of hydrogen-bond acceptors (Lipinski definition) is 5. The standard InChI is InChI=1S/C13H15N3O2S/c1-3-18-12(17)10(2)19-13-14-9-16(15-13)11-7-5-4-6-8-11/h4-10H,3H2,1-2H3. The van der Waals surface area contributed by atoms with E-state index in [2.05, 4.69) is 10.1 Å². The van der Waals surface area contributed by atoms with E-state index >= 15 is 0 Å². The van der Waals surface area contributed by atoms with E-state index in [0.717, 1.165) is 5.69 Å². The summed E-state index contributed by atoms with van der Waals surface area (Å²) in [6, 6.07) is 9.70. The lowest BCUT2D eigenvalue weighted by Crippen LogP contribution is -2.16. The molecule has 100 valence electrons. The van der Waals surface area contributed by atoms with Gasteiger partial charge in [0, 0.05) is 0 Å². The zero-order chi connectivity index (χ0) is 13.7. The van der Waals surface area contributed by atoms with Crippen molar-refractivity contribution in [2.45, 2.75) is 24.3 Å². The molecule has 0 aliphatic carbocycles. The van der Waals surface area contributed by atoms with E-state index in [1.807, 2.05) is 30.3 Å². The van der Waals surface area contributed by atoms with Gasteiger partial charge in [0.1, 0.15) is 11.6 Å². The first kappa shape index (κ1) is 13.6. The highest BCUT2D eigenvalue weighted by atomic mass is 32.2. The maximum atomic E-state index is 11.5. The minimum atomic E-state index is -0.313. The summed E-state index contributed by atoms with van der Waals surface area (Å²) in [6.45, 7) is 3.96. The van der Waals surface area contributed by atoms with Gasteiger partial charge in [0.15, 0.2) is 0 Å². The average Bonchev–Trinajstić information content (AvgIpc) is 2.88. The molecule has 0 spiro atoms. The van der Waals surface area contributed by atoms with E-state index < -0.39 is 0 Å². The van der Waals surface area contributed by atoms with Crippen LogP contribution in [0.15, 0.2) is 41.8 Å². The first-order chi connectivity index (χ1) is 9.20. The van der Waals surface area contributed by atoms with Gasteiger partial charge in [-0.3, -0.25) is 4.79 Å². The van der Waals surface area contributed by atoms with Gasteiger partial charge < -0.3 is 4.74 Å². The van der Waals surface area contributed by atoms with Gasteiger partial charge in [-0.1, -0.05) is 30.0 Å². The predicted molar refractivity (Wildman–Crippen MR) is 73.3 cm³/mol. The minimum absolute atomic E-state index is 0.247. The van der Waals surface area contributed by atoms with Crippen molar-refractivity contribution in [1.29, 1.82) is 0 Å². The number of benzene rings is 1. The number of para-hydroxylation sites is 1. The third-order valence-corrected chi connectivity index (χ3v) is 3.34. The van der Waals surface area contributed by atoms with Crippen molar-refractivity contribution in [3.05, 3.63) is 36.7 Å². The summed E-state index contributed by atoms with van der Waals surface area (Å²) in [5, 5.41) is 4.57. The van der Waals surface area contributed by atoms with Gasteiger partial charge in [-0.05, 0) is 26.0 Å². The van der Waals surface area contributed by atoms with Crippen LogP contribution in [0.1, 0.15) is 13.8 Å². The van der Waals surface area contributed by atoms with Gasteiger partial charge in [-0.25, -0.2) is 9.67 Å². The second-order valence-corrected chi connectivity index (χ2v) is 5.13. The number of nitrogens with zero attached hydrogens (tertiary/aromatic N) is 3. The van der Waals surface area contributed by atoms with E-state index in [9.17, 15) is 4.79 Å². The Hall–Kier alpha value is -1.82. The molecule has 0 amide bonds. The monoisotopic (exact) mass is 277 g/mol. The summed E-state index contributed by atoms with van der Waals surface area (Å²) in [4.78, 5) is 15.7. The van der Waals surface area contributed by atoms with Gasteiger partial charge in [0.2, 0.25) is 5.16 Å². The van der Waals surface area contributed by atoms with E-state index in [1.54, 1.807) is 24.9 Å². The molecule has 1 atom stereocenters. The van der Waals surface area contributed by atoms with Crippen molar-refractivity contribution in [1.82, 2.24) is 14.8 Å². The number of aromatic nitrogens is 3. The molecule has 5 nitrogen and oxygen atoms in total. The Balaban J connectivity index is 2.04. The number of carbonyl (C=O) groups excluding carboxylic acids is 1. The quantitative estimate of drug-likeness (QED) is 0.620. The molecule has 0 fully saturated rings. The van der Waals surface area contributed by atoms with Crippen LogP contribution in [0.5, 0.6) is 0 Å². The Bertz CT molecular complexity index is 542. The van der Waals surface area contributed by atoms with Crippen LogP contribution in [0.4, 0.5) is 0 Å². The van der Waals surface area contributed by atoms with Gasteiger partial charge in [0.05, 0.1) is 12.3 Å². The normalized spacial score (nSPS) is 12.1. The maximum Gasteiger partial charge on any atom is 0.319 e. The van der Waals surface area contributed by atoms with Crippen LogP contribution in [-0.2, 0) is 9.53 Å². The van der Waals surface area contributed by atoms with E-state index in [4.69, 9.17) is 4.74 Å². The Kier molecular flexibility index (Phi) is 4.57. The van der Waals surface area contributed by atoms with Crippen LogP contribution in [-0.4, -0.2) is 32.6 Å². The topological polar surface area (TPSA) is 57.0 Å². The first-order valence-electron chi connectivity index (χ1n) is 6.01. The molecule has 1 aromatic carbocycles. The van der Waals surface area contributed by atoms with Crippen molar-refractivity contribution < 1.29 is 9.53 Å². The zero-order valence-corrected chi connectivity index (χ0v) is 11.6. The Morgan fingerprint density at radius 1 is 1.42 bits per heavy atom. The second-order valence-electron chi connectivity index (χ2n) is 3.82. The molecule has 6 heteroatoms. The van der Waals surface area contributed by atoms with Crippen LogP contribution in [0.25, 0.3) is 5.69 Å². The first-order valence-corrected chi connectivity index (χ1v) is 6.89. The lowest BCUT2D eigenvalue weighted by molar-refractivity contribution is -0.142. The van der Waals surface area contributed by atoms with E-state index in [-0.39, 0.29) is 11.2 Å². The molecule has 0 saturated carbocycles. The largest absolute Gasteiger partial charge is 0.465 e. The number of carbonyl (C=O) groups is 1. The average molecular weight is 277 g/mol. The Morgan fingerprint density at radius 3 is 2.84 bits per heavy atom. The molecule has 1 aromatic heterocycles. The van der Waals surface area contributed by atoms with Gasteiger partial charge in [0.25, 0.3) is 0 Å². The molecule has 1 heterocycles. The van der Waals surface area contributed by atoms with E-state index in [0.29, 0.717) is 11.8 Å². The molecule has 0 N–H and O–H groups in total. The Labute approximate surface area is 116 Å². The molecule has 0 aliphatic heterocycles. The number of rotatable bonds is 5. The third kappa shape index (κ3) is 3.57. The highest BCUT2D eigenvalue weighted by Crippen LogP contribution is 2.20. The fourth-order valence-corrected chi connectivity index (χ4v) is 2.20. The molecule has 0 aliphatic rings. The molecule has 1 unspecified atom stereocenters. The molecule has 2 rings (SSSR count). The fraction of sp³-hybridized carbons (Fsp3) is 0.308. The van der Waals surface area contributed by atoms with Gasteiger partial charge in [-0.15, -0.1) is 5.10 Å². The maximum absolute atomic E-state index is 11.5. The van der Waals surface area contributed by atoms with Crippen LogP contribution in [0.3, 0.4) is 0 Å². The predicted octanol–water partition coefficient (Wildman–Crippen LogP) is 2.31. The van der Waals surface area contributed by atoms with Crippen molar-refractivity contribution in [3.8, 4) is 5.69 Å². The summed E-state index contributed by atoms with van der Waals surface area (Å²) in [5.41, 5.74) is 0.936. The summed E-state index contributed by atoms with van der Waals surface area (Å²) >= 11 is 1.29. The summed E-state index contributed by atoms with van der Waals surface area (Å²) in [5.74, 6) is -0.247. The number of thioether (sulfide) groups is 1. The van der Waals surface area contributed by atoms with Gasteiger partial charge in [-0.2, -0.15) is 0 Å². The summed E-state index contributed by atoms with van der Waals surface area (Å²) < 4.78 is 6.63. The third-order valence-electron chi connectivity index (χ3n) is 2.39. The molecular formula is C13H15N3O2S. The molecule has 0 bridgehead atoms. The molecule has 19 heavy (non-hydrogen) atoms. The molecular weight excluding hydrogens is 262 g/mol. The summed E-state index contributed by atoms with van der Waals surface area (Å²) in [7, 11) is 0. The Morgan fingerprint density at radius 2 is 2.16 bits per heavy atom. The molecule has 0 saturated heterocycles. The molecule has 0 radical (unpaired) electrons. The van der Waals surface area contributed by atoms with Crippen molar-refractivity contribution in [2.24, 2.45) is 0 Å². The highest BCUT2D eigenvalue weighted by Gasteiger charge is 2.17. The smallest absolute Gasteiger partial charge is 0.319 e. The van der Waals surface area contributed by atoms with Crippen molar-refractivity contribution >= 4 is 17.7 Å². The van der Waals surface area contributed by atoms with Crippen LogP contribution < -0.4 is 0 Å². The summed E-state index contributed by atoms with van der Waals surface area (Å²) in [6.07, 6.45) is 1.63. The number of esters is 1. The van der Waals surface area contributed by atoms with E-state index in [1.165, 1.54) is 11.8 Å². The zero-order valence-electron chi connectivity index (χ0n) is 10.8. The minimum Gasteiger partial charge on any atom is -0.465 e. The molecule has 2 aromatic rings. The van der Waals surface area contributed by atoms with Crippen LogP contribution in [0, 0.1) is 0 Å². The number of hydrogen-bond donors (Lipinski definition) is 0. The lowest BCUT2D eigenvalue weighted by atomic mass is 10.3. The van der Waals surface area contributed by atoms with Crippen molar-refractivity contribution in [2.75, 3.05) is 6.61 Å². The second kappa shape index (κ2) is 6.38. The van der Waals surface area contributed by atoms with Crippen molar-refractivity contribution in [3.63, 3.8) is 0 Å². The van der Waals surface area contributed by atoms with Gasteiger partial charge >= 0.3 is 5.97 Å². The SMILES string of the molecule is CCOC(=O)C(C)Sc1ncn(-c2ccccc2)n1. The van der Waals surface area contributed by atoms with Crippen LogP contribution >= 0.6 is 11.8 Å². The number of ether oxygens (including phenoxy) is 1. The van der Waals surface area contributed by atoms with Crippen LogP contribution in [0.2, 0.25) is 0 Å². The fourth-order valence-electron chi connectivity index (χ4n) is 1.47. The lowest BCUT2D eigenvalue weighted by Gasteiger charge is -2.07. The highest BCUT2D eigenvalue weighted by molar-refractivity contribution is 8.00.